The highest BCUT2D eigenvalue weighted by molar-refractivity contribution is 5.94. The molecule has 14 heavy (non-hydrogen) atoms. The molecule has 3 rings (SSSR count). The van der Waals surface area contributed by atoms with Crippen LogP contribution in [0.5, 0.6) is 0 Å². The molecule has 1 aliphatic heterocycles. The number of esters is 1. The molecule has 1 heterocycles. The molecule has 1 saturated heterocycles. The van der Waals surface area contributed by atoms with E-state index in [-0.39, 0.29) is 18.0 Å². The van der Waals surface area contributed by atoms with Crippen LogP contribution in [-0.4, -0.2) is 22.8 Å². The lowest BCUT2D eigenvalue weighted by Crippen LogP contribution is -2.43. The van der Waals surface area contributed by atoms with Gasteiger partial charge in [0.15, 0.2) is 0 Å². The lowest BCUT2D eigenvalue weighted by molar-refractivity contribution is -0.140. The van der Waals surface area contributed by atoms with E-state index in [4.69, 9.17) is 4.74 Å². The minimum atomic E-state index is -0.941. The van der Waals surface area contributed by atoms with E-state index in [1.807, 2.05) is 6.08 Å². The molecule has 3 heteroatoms. The molecule has 0 spiro atoms. The first-order valence-corrected chi connectivity index (χ1v) is 5.28. The monoisotopic (exact) mass is 194 g/mol. The van der Waals surface area contributed by atoms with Crippen LogP contribution in [0.15, 0.2) is 11.6 Å². The minimum Gasteiger partial charge on any atom is -0.455 e. The standard InChI is InChI=1S/C11H14O3/c1-6-4-7-2-3-9-11(7,13)8(5-6)10(12)14-9/h5-7,9,13H,2-4H2,1H3/t6?,7-,9-,11+/m1/s1. The number of rotatable bonds is 0. The summed E-state index contributed by atoms with van der Waals surface area (Å²) >= 11 is 0. The van der Waals surface area contributed by atoms with Crippen LogP contribution in [0, 0.1) is 11.8 Å². The minimum absolute atomic E-state index is 0.231. The number of ether oxygens (including phenoxy) is 1. The van der Waals surface area contributed by atoms with E-state index < -0.39 is 5.60 Å². The normalized spacial score (nSPS) is 50.0. The zero-order chi connectivity index (χ0) is 9.92. The van der Waals surface area contributed by atoms with Crippen molar-refractivity contribution in [1.29, 1.82) is 0 Å². The van der Waals surface area contributed by atoms with Gasteiger partial charge in [0, 0.05) is 0 Å². The Morgan fingerprint density at radius 3 is 3.14 bits per heavy atom. The number of hydrogen-bond donors (Lipinski definition) is 1. The van der Waals surface area contributed by atoms with Gasteiger partial charge in [0.2, 0.25) is 0 Å². The molecule has 2 aliphatic carbocycles. The van der Waals surface area contributed by atoms with Crippen molar-refractivity contribution >= 4 is 5.97 Å². The van der Waals surface area contributed by atoms with Gasteiger partial charge in [-0.2, -0.15) is 0 Å². The van der Waals surface area contributed by atoms with Crippen LogP contribution in [0.25, 0.3) is 0 Å². The Hall–Kier alpha value is -0.830. The zero-order valence-corrected chi connectivity index (χ0v) is 8.19. The molecule has 0 aromatic rings. The molecule has 0 radical (unpaired) electrons. The molecule has 2 fully saturated rings. The summed E-state index contributed by atoms with van der Waals surface area (Å²) in [5.74, 6) is 0.322. The van der Waals surface area contributed by atoms with Gasteiger partial charge in [-0.25, -0.2) is 4.79 Å². The van der Waals surface area contributed by atoms with Gasteiger partial charge in [-0.05, 0) is 31.1 Å². The summed E-state index contributed by atoms with van der Waals surface area (Å²) in [7, 11) is 0. The zero-order valence-electron chi connectivity index (χ0n) is 8.19. The Kier molecular flexibility index (Phi) is 1.45. The lowest BCUT2D eigenvalue weighted by atomic mass is 9.73. The second-order valence-electron chi connectivity index (χ2n) is 4.79. The van der Waals surface area contributed by atoms with Crippen LogP contribution in [0.3, 0.4) is 0 Å². The van der Waals surface area contributed by atoms with Gasteiger partial charge in [-0.3, -0.25) is 0 Å². The molecular weight excluding hydrogens is 180 g/mol. The Labute approximate surface area is 82.8 Å². The van der Waals surface area contributed by atoms with E-state index in [2.05, 4.69) is 6.92 Å². The average molecular weight is 194 g/mol. The maximum absolute atomic E-state index is 11.5. The molecular formula is C11H14O3. The second-order valence-corrected chi connectivity index (χ2v) is 4.79. The Balaban J connectivity index is 2.14. The summed E-state index contributed by atoms with van der Waals surface area (Å²) in [6.07, 6.45) is 4.41. The SMILES string of the molecule is CC1C=C2C(=O)O[C@@H]3CC[C@H](C1)[C@]23O. The van der Waals surface area contributed by atoms with Crippen LogP contribution in [-0.2, 0) is 9.53 Å². The summed E-state index contributed by atoms with van der Waals surface area (Å²) in [6, 6.07) is 0. The van der Waals surface area contributed by atoms with Crippen LogP contribution in [0.4, 0.5) is 0 Å². The van der Waals surface area contributed by atoms with E-state index in [9.17, 15) is 9.90 Å². The summed E-state index contributed by atoms with van der Waals surface area (Å²) in [5.41, 5.74) is -0.410. The fourth-order valence-electron chi connectivity index (χ4n) is 3.25. The van der Waals surface area contributed by atoms with Gasteiger partial charge in [-0.15, -0.1) is 0 Å². The maximum atomic E-state index is 11.5. The van der Waals surface area contributed by atoms with Gasteiger partial charge >= 0.3 is 5.97 Å². The van der Waals surface area contributed by atoms with Gasteiger partial charge in [0.1, 0.15) is 11.7 Å². The van der Waals surface area contributed by atoms with Crippen molar-refractivity contribution in [3.63, 3.8) is 0 Å². The fraction of sp³-hybridized carbons (Fsp3) is 0.727. The Bertz CT molecular complexity index is 333. The third-order valence-electron chi connectivity index (χ3n) is 3.90. The highest BCUT2D eigenvalue weighted by Gasteiger charge is 2.61. The molecule has 3 aliphatic rings. The van der Waals surface area contributed by atoms with Gasteiger partial charge < -0.3 is 9.84 Å². The van der Waals surface area contributed by atoms with E-state index in [0.29, 0.717) is 11.5 Å². The quantitative estimate of drug-likeness (QED) is 0.586. The lowest BCUT2D eigenvalue weighted by Gasteiger charge is -2.33. The fourth-order valence-corrected chi connectivity index (χ4v) is 3.25. The third kappa shape index (κ3) is 0.793. The molecule has 1 unspecified atom stereocenters. The molecule has 0 aromatic carbocycles. The van der Waals surface area contributed by atoms with E-state index in [1.165, 1.54) is 0 Å². The van der Waals surface area contributed by atoms with E-state index >= 15 is 0 Å². The summed E-state index contributed by atoms with van der Waals surface area (Å²) in [5, 5.41) is 10.5. The summed E-state index contributed by atoms with van der Waals surface area (Å²) < 4.78 is 5.19. The summed E-state index contributed by atoms with van der Waals surface area (Å²) in [6.45, 7) is 2.09. The first kappa shape index (κ1) is 8.48. The molecule has 0 aromatic heterocycles. The third-order valence-corrected chi connectivity index (χ3v) is 3.90. The number of aliphatic hydroxyl groups is 1. The van der Waals surface area contributed by atoms with Crippen LogP contribution in [0.1, 0.15) is 26.2 Å². The van der Waals surface area contributed by atoms with Crippen molar-refractivity contribution in [3.05, 3.63) is 11.6 Å². The smallest absolute Gasteiger partial charge is 0.337 e. The van der Waals surface area contributed by atoms with Crippen molar-refractivity contribution in [1.82, 2.24) is 0 Å². The van der Waals surface area contributed by atoms with Gasteiger partial charge in [-0.1, -0.05) is 13.0 Å². The van der Waals surface area contributed by atoms with Crippen molar-refractivity contribution in [2.75, 3.05) is 0 Å². The average Bonchev–Trinajstić information content (AvgIpc) is 2.55. The number of hydrogen-bond acceptors (Lipinski definition) is 3. The molecule has 1 saturated carbocycles. The van der Waals surface area contributed by atoms with E-state index in [1.54, 1.807) is 0 Å². The maximum Gasteiger partial charge on any atom is 0.337 e. The predicted octanol–water partition coefficient (Wildman–Crippen LogP) is 1.02. The molecule has 4 atom stereocenters. The number of carbonyl (C=O) groups is 1. The van der Waals surface area contributed by atoms with Gasteiger partial charge in [0.05, 0.1) is 5.57 Å². The number of carbonyl (C=O) groups excluding carboxylic acids is 1. The Morgan fingerprint density at radius 1 is 1.57 bits per heavy atom. The first-order chi connectivity index (χ1) is 6.62. The van der Waals surface area contributed by atoms with Crippen molar-refractivity contribution in [2.24, 2.45) is 11.8 Å². The number of allylic oxidation sites excluding steroid dienone is 1. The molecule has 0 bridgehead atoms. The topological polar surface area (TPSA) is 46.5 Å². The van der Waals surface area contributed by atoms with Crippen molar-refractivity contribution in [3.8, 4) is 0 Å². The second kappa shape index (κ2) is 2.40. The molecule has 3 nitrogen and oxygen atoms in total. The largest absolute Gasteiger partial charge is 0.455 e. The molecule has 1 N–H and O–H groups in total. The summed E-state index contributed by atoms with van der Waals surface area (Å²) in [4.78, 5) is 11.5. The van der Waals surface area contributed by atoms with E-state index in [0.717, 1.165) is 19.3 Å². The van der Waals surface area contributed by atoms with Gasteiger partial charge in [0.25, 0.3) is 0 Å². The van der Waals surface area contributed by atoms with Crippen LogP contribution in [0.2, 0.25) is 0 Å². The first-order valence-electron chi connectivity index (χ1n) is 5.28. The molecule has 0 amide bonds. The van der Waals surface area contributed by atoms with Crippen molar-refractivity contribution in [2.45, 2.75) is 37.9 Å². The van der Waals surface area contributed by atoms with Crippen molar-refractivity contribution < 1.29 is 14.6 Å². The highest BCUT2D eigenvalue weighted by atomic mass is 16.6. The Morgan fingerprint density at radius 2 is 2.36 bits per heavy atom. The predicted molar refractivity (Wildman–Crippen MR) is 49.4 cm³/mol. The highest BCUT2D eigenvalue weighted by Crippen LogP contribution is 2.52. The van der Waals surface area contributed by atoms with Crippen LogP contribution < -0.4 is 0 Å². The van der Waals surface area contributed by atoms with Crippen LogP contribution >= 0.6 is 0 Å². The molecule has 76 valence electrons.